The van der Waals surface area contributed by atoms with Crippen molar-refractivity contribution >= 4 is 5.91 Å². The van der Waals surface area contributed by atoms with Crippen LogP contribution in [-0.2, 0) is 4.79 Å². The number of carbonyl (C=O) groups is 1. The third-order valence-corrected chi connectivity index (χ3v) is 9.96. The largest absolute Gasteiger partial charge is 0.394 e. The first-order chi connectivity index (χ1) is 24.6. The zero-order valence-electron chi connectivity index (χ0n) is 33.3. The van der Waals surface area contributed by atoms with Crippen molar-refractivity contribution in [2.45, 2.75) is 238 Å². The molecular formula is C45H85NO4. The van der Waals surface area contributed by atoms with E-state index in [-0.39, 0.29) is 6.61 Å². The first-order valence-electron chi connectivity index (χ1n) is 21.8. The van der Waals surface area contributed by atoms with Crippen LogP contribution in [0.1, 0.15) is 219 Å². The minimum atomic E-state index is -1.11. The van der Waals surface area contributed by atoms with E-state index in [2.05, 4.69) is 43.5 Å². The molecule has 294 valence electrons. The van der Waals surface area contributed by atoms with Crippen molar-refractivity contribution in [1.29, 1.82) is 0 Å². The van der Waals surface area contributed by atoms with Gasteiger partial charge >= 0.3 is 0 Å². The lowest BCUT2D eigenvalue weighted by atomic mass is 10.0. The molecule has 0 aliphatic carbocycles. The van der Waals surface area contributed by atoms with E-state index in [1.807, 2.05) is 6.08 Å². The van der Waals surface area contributed by atoms with Gasteiger partial charge in [-0.3, -0.25) is 4.79 Å². The van der Waals surface area contributed by atoms with Gasteiger partial charge in [-0.05, 0) is 44.9 Å². The molecule has 5 heteroatoms. The summed E-state index contributed by atoms with van der Waals surface area (Å²) in [5.74, 6) is -0.516. The zero-order chi connectivity index (χ0) is 36.6. The molecule has 0 saturated heterocycles. The summed E-state index contributed by atoms with van der Waals surface area (Å²) in [5, 5.41) is 33.1. The number of unbranched alkanes of at least 4 members (excludes halogenated alkanes) is 27. The lowest BCUT2D eigenvalue weighted by molar-refractivity contribution is -0.131. The van der Waals surface area contributed by atoms with Crippen LogP contribution in [0.3, 0.4) is 0 Å². The highest BCUT2D eigenvalue weighted by atomic mass is 16.3. The maximum atomic E-state index is 12.4. The molecule has 4 N–H and O–H groups in total. The quantitative estimate of drug-likeness (QED) is 0.0379. The highest BCUT2D eigenvalue weighted by Crippen LogP contribution is 2.16. The Balaban J connectivity index is 3.69. The molecule has 0 aromatic heterocycles. The van der Waals surface area contributed by atoms with Crippen LogP contribution in [0.2, 0.25) is 0 Å². The number of carbonyl (C=O) groups excluding carboxylic acids is 1. The molecule has 0 aliphatic heterocycles. The molecular weight excluding hydrogens is 618 g/mol. The fourth-order valence-corrected chi connectivity index (χ4v) is 6.51. The number of hydrogen-bond donors (Lipinski definition) is 4. The minimum absolute atomic E-state index is 0.379. The maximum Gasteiger partial charge on any atom is 0.249 e. The van der Waals surface area contributed by atoms with Crippen molar-refractivity contribution in [1.82, 2.24) is 5.32 Å². The van der Waals surface area contributed by atoms with Crippen molar-refractivity contribution < 1.29 is 20.1 Å². The Morgan fingerprint density at radius 3 is 1.22 bits per heavy atom. The molecule has 0 spiro atoms. The number of aliphatic hydroxyl groups is 3. The van der Waals surface area contributed by atoms with Crippen LogP contribution in [0.4, 0.5) is 0 Å². The van der Waals surface area contributed by atoms with Gasteiger partial charge in [0, 0.05) is 0 Å². The topological polar surface area (TPSA) is 89.8 Å². The van der Waals surface area contributed by atoms with E-state index in [0.717, 1.165) is 44.9 Å². The maximum absolute atomic E-state index is 12.4. The molecule has 50 heavy (non-hydrogen) atoms. The molecule has 1 amide bonds. The van der Waals surface area contributed by atoms with Crippen LogP contribution in [0.15, 0.2) is 36.5 Å². The molecule has 0 fully saturated rings. The molecule has 3 unspecified atom stereocenters. The number of hydrogen-bond acceptors (Lipinski definition) is 4. The second-order valence-corrected chi connectivity index (χ2v) is 14.9. The summed E-state index contributed by atoms with van der Waals surface area (Å²) in [6, 6.07) is -0.818. The van der Waals surface area contributed by atoms with Crippen LogP contribution < -0.4 is 5.32 Å². The lowest BCUT2D eigenvalue weighted by Crippen LogP contribution is -2.48. The normalized spacial score (nSPS) is 13.9. The van der Waals surface area contributed by atoms with Gasteiger partial charge in [-0.1, -0.05) is 211 Å². The first kappa shape index (κ1) is 48.6. The van der Waals surface area contributed by atoms with E-state index < -0.39 is 24.2 Å². The van der Waals surface area contributed by atoms with Crippen molar-refractivity contribution in [2.75, 3.05) is 6.61 Å². The van der Waals surface area contributed by atoms with E-state index in [0.29, 0.717) is 6.42 Å². The molecule has 0 aromatic rings. The van der Waals surface area contributed by atoms with Crippen LogP contribution in [-0.4, -0.2) is 46.1 Å². The average Bonchev–Trinajstić information content (AvgIpc) is 3.12. The predicted octanol–water partition coefficient (Wildman–Crippen LogP) is 12.4. The van der Waals surface area contributed by atoms with Gasteiger partial charge in [0.1, 0.15) is 6.10 Å². The van der Waals surface area contributed by atoms with Gasteiger partial charge in [0.2, 0.25) is 5.91 Å². The molecule has 0 aromatic carbocycles. The Morgan fingerprint density at radius 1 is 0.480 bits per heavy atom. The van der Waals surface area contributed by atoms with Gasteiger partial charge in [0.25, 0.3) is 0 Å². The van der Waals surface area contributed by atoms with Crippen molar-refractivity contribution in [3.05, 3.63) is 36.5 Å². The number of allylic oxidation sites excluding steroid dienone is 5. The summed E-state index contributed by atoms with van der Waals surface area (Å²) in [7, 11) is 0. The van der Waals surface area contributed by atoms with Crippen LogP contribution in [0.5, 0.6) is 0 Å². The summed E-state index contributed by atoms with van der Waals surface area (Å²) in [5.41, 5.74) is 0. The number of aliphatic hydroxyl groups excluding tert-OH is 3. The van der Waals surface area contributed by atoms with Gasteiger partial charge in [-0.25, -0.2) is 0 Å². The molecule has 3 atom stereocenters. The lowest BCUT2D eigenvalue weighted by Gasteiger charge is -2.21. The van der Waals surface area contributed by atoms with Gasteiger partial charge in [-0.15, -0.1) is 0 Å². The van der Waals surface area contributed by atoms with Crippen LogP contribution >= 0.6 is 0 Å². The summed E-state index contributed by atoms with van der Waals surface area (Å²) in [6.07, 6.45) is 50.3. The van der Waals surface area contributed by atoms with Gasteiger partial charge < -0.3 is 20.6 Å². The van der Waals surface area contributed by atoms with Gasteiger partial charge in [0.05, 0.1) is 18.8 Å². The smallest absolute Gasteiger partial charge is 0.249 e. The standard InChI is InChI=1S/C45H85NO4/c1-3-5-7-9-11-13-15-17-19-20-21-22-23-24-26-28-30-32-34-36-38-40-44(49)45(50)46-42(41-47)43(48)39-37-35-33-31-29-27-25-18-16-14-12-10-8-6-4-2/h16,18,29,31,37,39,42-44,47-49H,3-15,17,19-28,30,32-36,38,40-41H2,1-2H3,(H,46,50)/b18-16+,31-29+,39-37+. The second-order valence-electron chi connectivity index (χ2n) is 14.9. The Morgan fingerprint density at radius 2 is 0.820 bits per heavy atom. The Labute approximate surface area is 311 Å². The number of rotatable bonds is 39. The van der Waals surface area contributed by atoms with E-state index in [1.165, 1.54) is 154 Å². The summed E-state index contributed by atoms with van der Waals surface area (Å²) in [4.78, 5) is 12.4. The van der Waals surface area contributed by atoms with E-state index in [4.69, 9.17) is 0 Å². The minimum Gasteiger partial charge on any atom is -0.394 e. The summed E-state index contributed by atoms with van der Waals surface area (Å²) < 4.78 is 0. The number of amides is 1. The van der Waals surface area contributed by atoms with Crippen molar-refractivity contribution in [3.8, 4) is 0 Å². The molecule has 0 rings (SSSR count). The Kier molecular flexibility index (Phi) is 39.2. The number of nitrogens with one attached hydrogen (secondary N) is 1. The molecule has 0 radical (unpaired) electrons. The molecule has 0 saturated carbocycles. The molecule has 0 bridgehead atoms. The third kappa shape index (κ3) is 35.0. The van der Waals surface area contributed by atoms with E-state index in [1.54, 1.807) is 6.08 Å². The highest BCUT2D eigenvalue weighted by Gasteiger charge is 2.22. The van der Waals surface area contributed by atoms with Gasteiger partial charge in [-0.2, -0.15) is 0 Å². The second kappa shape index (κ2) is 40.3. The third-order valence-electron chi connectivity index (χ3n) is 9.96. The van der Waals surface area contributed by atoms with Crippen molar-refractivity contribution in [3.63, 3.8) is 0 Å². The highest BCUT2D eigenvalue weighted by molar-refractivity contribution is 5.80. The van der Waals surface area contributed by atoms with E-state index >= 15 is 0 Å². The van der Waals surface area contributed by atoms with Crippen LogP contribution in [0, 0.1) is 0 Å². The first-order valence-corrected chi connectivity index (χ1v) is 21.8. The predicted molar refractivity (Wildman–Crippen MR) is 218 cm³/mol. The summed E-state index contributed by atoms with van der Waals surface area (Å²) in [6.45, 7) is 4.15. The molecule has 0 heterocycles. The average molecular weight is 704 g/mol. The van der Waals surface area contributed by atoms with Crippen LogP contribution in [0.25, 0.3) is 0 Å². The monoisotopic (exact) mass is 704 g/mol. The summed E-state index contributed by atoms with van der Waals surface area (Å²) >= 11 is 0. The fraction of sp³-hybridized carbons (Fsp3) is 0.844. The van der Waals surface area contributed by atoms with Gasteiger partial charge in [0.15, 0.2) is 0 Å². The Hall–Kier alpha value is -1.43. The zero-order valence-corrected chi connectivity index (χ0v) is 33.3. The SMILES string of the molecule is CCCCCCC/C=C/CC/C=C/CC/C=C/C(O)C(CO)NC(=O)C(O)CCCCCCCCCCCCCCCCCCCCCCC. The Bertz CT molecular complexity index is 779. The molecule has 0 aliphatic rings. The van der Waals surface area contributed by atoms with E-state index in [9.17, 15) is 20.1 Å². The molecule has 5 nitrogen and oxygen atoms in total. The van der Waals surface area contributed by atoms with Crippen molar-refractivity contribution in [2.24, 2.45) is 0 Å². The fourth-order valence-electron chi connectivity index (χ4n) is 6.51.